The molecule has 0 bridgehead atoms. The second-order valence-electron chi connectivity index (χ2n) is 4.58. The quantitative estimate of drug-likeness (QED) is 0.847. The molecule has 2 unspecified atom stereocenters. The predicted octanol–water partition coefficient (Wildman–Crippen LogP) is 1.94. The van der Waals surface area contributed by atoms with Gasteiger partial charge in [-0.15, -0.1) is 0 Å². The van der Waals surface area contributed by atoms with Crippen LogP contribution in [0, 0.1) is 5.92 Å². The fourth-order valence-corrected chi connectivity index (χ4v) is 2.37. The minimum absolute atomic E-state index is 0.353. The summed E-state index contributed by atoms with van der Waals surface area (Å²) in [6.45, 7) is 4.98. The monoisotopic (exact) mass is 235 g/mol. The molecular formula is C13H21N3O. The van der Waals surface area contributed by atoms with Gasteiger partial charge in [0.1, 0.15) is 0 Å². The van der Waals surface area contributed by atoms with E-state index < -0.39 is 0 Å². The minimum atomic E-state index is 0.353. The molecule has 17 heavy (non-hydrogen) atoms. The van der Waals surface area contributed by atoms with Crippen LogP contribution in [0.5, 0.6) is 0 Å². The highest BCUT2D eigenvalue weighted by atomic mass is 16.5. The number of nitrogens with one attached hydrogen (secondary N) is 1. The second-order valence-corrected chi connectivity index (χ2v) is 4.58. The van der Waals surface area contributed by atoms with Gasteiger partial charge in [0, 0.05) is 24.8 Å². The highest BCUT2D eigenvalue weighted by molar-refractivity contribution is 5.13. The molecule has 1 aromatic rings. The van der Waals surface area contributed by atoms with Gasteiger partial charge in [-0.2, -0.15) is 10.2 Å². The highest BCUT2D eigenvalue weighted by Crippen LogP contribution is 2.28. The van der Waals surface area contributed by atoms with Crippen molar-refractivity contribution in [3.05, 3.63) is 24.0 Å². The van der Waals surface area contributed by atoms with E-state index in [1.807, 2.05) is 6.20 Å². The summed E-state index contributed by atoms with van der Waals surface area (Å²) in [5, 5.41) is 11.4. The van der Waals surface area contributed by atoms with Crippen LogP contribution in [0.25, 0.3) is 0 Å². The smallest absolute Gasteiger partial charge is 0.0544 e. The van der Waals surface area contributed by atoms with Crippen molar-refractivity contribution in [1.82, 2.24) is 15.5 Å². The molecule has 1 N–H and O–H groups in total. The van der Waals surface area contributed by atoms with Gasteiger partial charge >= 0.3 is 0 Å². The van der Waals surface area contributed by atoms with Crippen LogP contribution in [0.1, 0.15) is 37.8 Å². The lowest BCUT2D eigenvalue weighted by molar-refractivity contribution is 0.0389. The third kappa shape index (κ3) is 3.48. The Morgan fingerprint density at radius 1 is 1.53 bits per heavy atom. The molecule has 0 radical (unpaired) electrons. The number of hydrogen-bond donors (Lipinski definition) is 1. The van der Waals surface area contributed by atoms with Crippen LogP contribution in [-0.2, 0) is 4.74 Å². The van der Waals surface area contributed by atoms with E-state index in [9.17, 15) is 0 Å². The molecule has 1 fully saturated rings. The van der Waals surface area contributed by atoms with E-state index in [1.165, 1.54) is 12.0 Å². The summed E-state index contributed by atoms with van der Waals surface area (Å²) in [4.78, 5) is 0. The lowest BCUT2D eigenvalue weighted by Crippen LogP contribution is -2.34. The standard InChI is InChI=1S/C13H21N3O/c1-2-6-14-13(11-5-7-15-16-9-11)12-4-3-8-17-10-12/h5,7,9,12-14H,2-4,6,8,10H2,1H3. The largest absolute Gasteiger partial charge is 0.381 e. The summed E-state index contributed by atoms with van der Waals surface area (Å²) in [5.41, 5.74) is 1.23. The van der Waals surface area contributed by atoms with E-state index in [-0.39, 0.29) is 0 Å². The molecule has 1 aliphatic heterocycles. The van der Waals surface area contributed by atoms with Gasteiger partial charge in [0.25, 0.3) is 0 Å². The SMILES string of the molecule is CCCNC(c1ccnnc1)C1CCCOC1. The Morgan fingerprint density at radius 3 is 3.12 bits per heavy atom. The maximum absolute atomic E-state index is 5.59. The van der Waals surface area contributed by atoms with Gasteiger partial charge in [-0.05, 0) is 37.4 Å². The number of hydrogen-bond acceptors (Lipinski definition) is 4. The van der Waals surface area contributed by atoms with Crippen LogP contribution >= 0.6 is 0 Å². The van der Waals surface area contributed by atoms with Gasteiger partial charge in [0.15, 0.2) is 0 Å². The number of ether oxygens (including phenoxy) is 1. The molecule has 4 nitrogen and oxygen atoms in total. The maximum atomic E-state index is 5.59. The van der Waals surface area contributed by atoms with E-state index in [1.54, 1.807) is 6.20 Å². The van der Waals surface area contributed by atoms with Gasteiger partial charge < -0.3 is 10.1 Å². The van der Waals surface area contributed by atoms with Crippen molar-refractivity contribution >= 4 is 0 Å². The zero-order valence-corrected chi connectivity index (χ0v) is 10.4. The summed E-state index contributed by atoms with van der Waals surface area (Å²) >= 11 is 0. The Kier molecular flexibility index (Phi) is 4.88. The van der Waals surface area contributed by atoms with Crippen LogP contribution in [0.3, 0.4) is 0 Å². The van der Waals surface area contributed by atoms with Crippen molar-refractivity contribution in [3.63, 3.8) is 0 Å². The van der Waals surface area contributed by atoms with Crippen LogP contribution in [0.15, 0.2) is 18.5 Å². The normalized spacial score (nSPS) is 22.3. The van der Waals surface area contributed by atoms with Crippen molar-refractivity contribution < 1.29 is 4.74 Å². The van der Waals surface area contributed by atoms with Gasteiger partial charge in [0.2, 0.25) is 0 Å². The lowest BCUT2D eigenvalue weighted by atomic mass is 9.89. The Hall–Kier alpha value is -1.00. The Labute approximate surface area is 103 Å². The van der Waals surface area contributed by atoms with Crippen LogP contribution in [-0.4, -0.2) is 30.0 Å². The van der Waals surface area contributed by atoms with Crippen molar-refractivity contribution in [2.45, 2.75) is 32.2 Å². The Balaban J connectivity index is 2.06. The first-order chi connectivity index (χ1) is 8.42. The number of aromatic nitrogens is 2. The third-order valence-electron chi connectivity index (χ3n) is 3.25. The molecule has 0 aliphatic carbocycles. The van der Waals surface area contributed by atoms with Crippen molar-refractivity contribution in [2.75, 3.05) is 19.8 Å². The fourth-order valence-electron chi connectivity index (χ4n) is 2.37. The summed E-state index contributed by atoms with van der Waals surface area (Å²) in [7, 11) is 0. The van der Waals surface area contributed by atoms with Gasteiger partial charge in [0.05, 0.1) is 12.8 Å². The first-order valence-corrected chi connectivity index (χ1v) is 6.49. The van der Waals surface area contributed by atoms with E-state index in [0.717, 1.165) is 32.6 Å². The van der Waals surface area contributed by atoms with Crippen LogP contribution in [0.4, 0.5) is 0 Å². The van der Waals surface area contributed by atoms with E-state index >= 15 is 0 Å². The topological polar surface area (TPSA) is 47.0 Å². The molecule has 2 atom stereocenters. The van der Waals surface area contributed by atoms with Crippen molar-refractivity contribution in [1.29, 1.82) is 0 Å². The minimum Gasteiger partial charge on any atom is -0.381 e. The molecule has 94 valence electrons. The average molecular weight is 235 g/mol. The predicted molar refractivity (Wildman–Crippen MR) is 66.6 cm³/mol. The second kappa shape index (κ2) is 6.67. The fraction of sp³-hybridized carbons (Fsp3) is 0.692. The highest BCUT2D eigenvalue weighted by Gasteiger charge is 2.25. The number of nitrogens with zero attached hydrogens (tertiary/aromatic N) is 2. The van der Waals surface area contributed by atoms with E-state index in [4.69, 9.17) is 4.74 Å². The Morgan fingerprint density at radius 2 is 2.47 bits per heavy atom. The van der Waals surface area contributed by atoms with Gasteiger partial charge in [-0.1, -0.05) is 6.92 Å². The van der Waals surface area contributed by atoms with Crippen molar-refractivity contribution in [2.24, 2.45) is 5.92 Å². The molecule has 0 spiro atoms. The summed E-state index contributed by atoms with van der Waals surface area (Å²) in [6.07, 6.45) is 7.15. The first-order valence-electron chi connectivity index (χ1n) is 6.49. The molecule has 2 heterocycles. The summed E-state index contributed by atoms with van der Waals surface area (Å²) in [5.74, 6) is 0.555. The maximum Gasteiger partial charge on any atom is 0.0544 e. The zero-order chi connectivity index (χ0) is 11.9. The van der Waals surface area contributed by atoms with E-state index in [0.29, 0.717) is 12.0 Å². The Bertz CT molecular complexity index is 312. The molecule has 0 amide bonds. The third-order valence-corrected chi connectivity index (χ3v) is 3.25. The average Bonchev–Trinajstić information content (AvgIpc) is 2.42. The zero-order valence-electron chi connectivity index (χ0n) is 10.4. The summed E-state index contributed by atoms with van der Waals surface area (Å²) in [6, 6.07) is 2.40. The van der Waals surface area contributed by atoms with E-state index in [2.05, 4.69) is 28.5 Å². The first kappa shape index (κ1) is 12.5. The van der Waals surface area contributed by atoms with Gasteiger partial charge in [-0.3, -0.25) is 0 Å². The molecular weight excluding hydrogens is 214 g/mol. The molecule has 0 aromatic carbocycles. The molecule has 0 saturated carbocycles. The van der Waals surface area contributed by atoms with Crippen LogP contribution in [0.2, 0.25) is 0 Å². The summed E-state index contributed by atoms with van der Waals surface area (Å²) < 4.78 is 5.59. The number of rotatable bonds is 5. The van der Waals surface area contributed by atoms with Gasteiger partial charge in [-0.25, -0.2) is 0 Å². The molecule has 4 heteroatoms. The molecule has 2 rings (SSSR count). The lowest BCUT2D eigenvalue weighted by Gasteiger charge is -2.31. The molecule has 1 aromatic heterocycles. The van der Waals surface area contributed by atoms with Crippen LogP contribution < -0.4 is 5.32 Å². The molecule has 1 saturated heterocycles. The molecule has 1 aliphatic rings. The van der Waals surface area contributed by atoms with Crippen molar-refractivity contribution in [3.8, 4) is 0 Å².